The van der Waals surface area contributed by atoms with Gasteiger partial charge >= 0.3 is 0 Å². The molecule has 1 amide bonds. The van der Waals surface area contributed by atoms with Crippen LogP contribution in [0.2, 0.25) is 10.0 Å². The van der Waals surface area contributed by atoms with Crippen LogP contribution in [-0.4, -0.2) is 22.8 Å². The van der Waals surface area contributed by atoms with E-state index in [9.17, 15) is 4.79 Å². The summed E-state index contributed by atoms with van der Waals surface area (Å²) >= 11 is 11.8. The van der Waals surface area contributed by atoms with Crippen LogP contribution in [0, 0.1) is 0 Å². The summed E-state index contributed by atoms with van der Waals surface area (Å²) in [4.78, 5) is 12.1. The van der Waals surface area contributed by atoms with Gasteiger partial charge in [0.2, 0.25) is 5.88 Å². The van der Waals surface area contributed by atoms with E-state index in [2.05, 4.69) is 10.4 Å². The maximum absolute atomic E-state index is 12.1. The first-order valence-electron chi connectivity index (χ1n) is 5.35. The van der Waals surface area contributed by atoms with Crippen molar-refractivity contribution in [2.75, 3.05) is 12.4 Å². The number of aromatic nitrogens is 2. The van der Waals surface area contributed by atoms with E-state index in [-0.39, 0.29) is 11.8 Å². The highest BCUT2D eigenvalue weighted by Gasteiger charge is 2.17. The predicted molar refractivity (Wildman–Crippen MR) is 74.2 cm³/mol. The van der Waals surface area contributed by atoms with Crippen molar-refractivity contribution in [3.63, 3.8) is 0 Å². The SMILES string of the molecule is COc1nn(C)cc1C(=O)Nc1cc(Cl)ccc1Cl. The molecular formula is C12H11Cl2N3O2. The van der Waals surface area contributed by atoms with Gasteiger partial charge in [-0.1, -0.05) is 23.2 Å². The van der Waals surface area contributed by atoms with E-state index in [0.717, 1.165) is 0 Å². The molecule has 0 aliphatic carbocycles. The number of hydrogen-bond acceptors (Lipinski definition) is 3. The Morgan fingerprint density at radius 3 is 2.84 bits per heavy atom. The highest BCUT2D eigenvalue weighted by Crippen LogP contribution is 2.26. The van der Waals surface area contributed by atoms with E-state index >= 15 is 0 Å². The van der Waals surface area contributed by atoms with Gasteiger partial charge in [-0.05, 0) is 18.2 Å². The van der Waals surface area contributed by atoms with Crippen molar-refractivity contribution >= 4 is 34.8 Å². The molecule has 2 rings (SSSR count). The molecule has 1 aromatic heterocycles. The number of hydrogen-bond donors (Lipinski definition) is 1. The Kier molecular flexibility index (Phi) is 3.97. The van der Waals surface area contributed by atoms with E-state index in [1.54, 1.807) is 31.4 Å². The second kappa shape index (κ2) is 5.50. The van der Waals surface area contributed by atoms with Crippen LogP contribution in [0.25, 0.3) is 0 Å². The summed E-state index contributed by atoms with van der Waals surface area (Å²) < 4.78 is 6.52. The minimum Gasteiger partial charge on any atom is -0.479 e. The standard InChI is InChI=1S/C12H11Cl2N3O2/c1-17-6-8(12(16-17)19-2)11(18)15-10-5-7(13)3-4-9(10)14/h3-6H,1-2H3,(H,15,18). The first-order valence-corrected chi connectivity index (χ1v) is 6.11. The number of ether oxygens (including phenoxy) is 1. The molecule has 0 radical (unpaired) electrons. The van der Waals surface area contributed by atoms with E-state index < -0.39 is 0 Å². The number of amides is 1. The molecule has 0 spiro atoms. The molecule has 0 aliphatic heterocycles. The van der Waals surface area contributed by atoms with Gasteiger partial charge in [0, 0.05) is 18.3 Å². The minimum absolute atomic E-state index is 0.248. The second-order valence-corrected chi connectivity index (χ2v) is 4.65. The Morgan fingerprint density at radius 1 is 1.42 bits per heavy atom. The van der Waals surface area contributed by atoms with E-state index in [4.69, 9.17) is 27.9 Å². The number of carbonyl (C=O) groups is 1. The predicted octanol–water partition coefficient (Wildman–Crippen LogP) is 2.99. The van der Waals surface area contributed by atoms with Crippen molar-refractivity contribution in [1.29, 1.82) is 0 Å². The molecule has 5 nitrogen and oxygen atoms in total. The molecular weight excluding hydrogens is 289 g/mol. The van der Waals surface area contributed by atoms with E-state index in [1.807, 2.05) is 0 Å². The number of benzene rings is 1. The molecule has 0 atom stereocenters. The number of rotatable bonds is 3. The summed E-state index contributed by atoms with van der Waals surface area (Å²) in [7, 11) is 3.15. The number of nitrogens with zero attached hydrogens (tertiary/aromatic N) is 2. The van der Waals surface area contributed by atoms with Crippen LogP contribution in [0.15, 0.2) is 24.4 Å². The third-order valence-corrected chi connectivity index (χ3v) is 2.97. The number of nitrogens with one attached hydrogen (secondary N) is 1. The van der Waals surface area contributed by atoms with E-state index in [1.165, 1.54) is 11.8 Å². The highest BCUT2D eigenvalue weighted by molar-refractivity contribution is 6.35. The van der Waals surface area contributed by atoms with Gasteiger partial charge in [-0.3, -0.25) is 9.48 Å². The average Bonchev–Trinajstić information content (AvgIpc) is 2.75. The normalized spacial score (nSPS) is 10.3. The van der Waals surface area contributed by atoms with Gasteiger partial charge in [-0.15, -0.1) is 5.10 Å². The number of anilines is 1. The fourth-order valence-electron chi connectivity index (χ4n) is 1.56. The third kappa shape index (κ3) is 3.00. The summed E-state index contributed by atoms with van der Waals surface area (Å²) in [5, 5.41) is 7.56. The molecule has 0 bridgehead atoms. The quantitative estimate of drug-likeness (QED) is 0.948. The van der Waals surface area contributed by atoms with Crippen LogP contribution >= 0.6 is 23.2 Å². The van der Waals surface area contributed by atoms with Crippen molar-refractivity contribution < 1.29 is 9.53 Å². The lowest BCUT2D eigenvalue weighted by Gasteiger charge is -2.07. The molecule has 100 valence electrons. The lowest BCUT2D eigenvalue weighted by atomic mass is 10.2. The van der Waals surface area contributed by atoms with Crippen LogP contribution in [0.3, 0.4) is 0 Å². The maximum atomic E-state index is 12.1. The van der Waals surface area contributed by atoms with Crippen LogP contribution in [0.1, 0.15) is 10.4 Å². The van der Waals surface area contributed by atoms with Gasteiger partial charge in [0.1, 0.15) is 5.56 Å². The topological polar surface area (TPSA) is 56.2 Å². The molecule has 0 unspecified atom stereocenters. The Morgan fingerprint density at radius 2 is 2.16 bits per heavy atom. The molecule has 0 aliphatic rings. The summed E-state index contributed by atoms with van der Waals surface area (Å²) in [6.07, 6.45) is 1.56. The second-order valence-electron chi connectivity index (χ2n) is 3.80. The van der Waals surface area contributed by atoms with Crippen molar-refractivity contribution in [3.8, 4) is 5.88 Å². The smallest absolute Gasteiger partial charge is 0.262 e. The highest BCUT2D eigenvalue weighted by atomic mass is 35.5. The monoisotopic (exact) mass is 299 g/mol. The zero-order chi connectivity index (χ0) is 14.0. The molecule has 19 heavy (non-hydrogen) atoms. The first-order chi connectivity index (χ1) is 9.01. The summed E-state index contributed by atoms with van der Waals surface area (Å²) in [6.45, 7) is 0. The first kappa shape index (κ1) is 13.7. The fraction of sp³-hybridized carbons (Fsp3) is 0.167. The molecule has 2 aromatic rings. The number of carbonyl (C=O) groups excluding carboxylic acids is 1. The molecule has 0 fully saturated rings. The van der Waals surface area contributed by atoms with Gasteiger partial charge in [0.25, 0.3) is 5.91 Å². The third-order valence-electron chi connectivity index (χ3n) is 2.41. The van der Waals surface area contributed by atoms with Crippen LogP contribution < -0.4 is 10.1 Å². The van der Waals surface area contributed by atoms with Crippen LogP contribution in [0.5, 0.6) is 5.88 Å². The lowest BCUT2D eigenvalue weighted by Crippen LogP contribution is -2.12. The lowest BCUT2D eigenvalue weighted by molar-refractivity contribution is 0.102. The number of methoxy groups -OCH3 is 1. The Hall–Kier alpha value is -1.72. The van der Waals surface area contributed by atoms with Gasteiger partial charge in [-0.2, -0.15) is 0 Å². The molecule has 0 saturated carbocycles. The van der Waals surface area contributed by atoms with Gasteiger partial charge in [-0.25, -0.2) is 0 Å². The maximum Gasteiger partial charge on any atom is 0.262 e. The van der Waals surface area contributed by atoms with Crippen LogP contribution in [0.4, 0.5) is 5.69 Å². The molecule has 7 heteroatoms. The van der Waals surface area contributed by atoms with Crippen molar-refractivity contribution in [2.24, 2.45) is 7.05 Å². The summed E-state index contributed by atoms with van der Waals surface area (Å²) in [5.74, 6) is -0.118. The summed E-state index contributed by atoms with van der Waals surface area (Å²) in [6, 6.07) is 4.83. The molecule has 1 N–H and O–H groups in total. The van der Waals surface area contributed by atoms with Gasteiger partial charge < -0.3 is 10.1 Å². The van der Waals surface area contributed by atoms with Crippen molar-refractivity contribution in [1.82, 2.24) is 9.78 Å². The minimum atomic E-state index is -0.367. The van der Waals surface area contributed by atoms with Crippen molar-refractivity contribution in [2.45, 2.75) is 0 Å². The number of halogens is 2. The van der Waals surface area contributed by atoms with Crippen LogP contribution in [-0.2, 0) is 7.05 Å². The zero-order valence-electron chi connectivity index (χ0n) is 10.3. The zero-order valence-corrected chi connectivity index (χ0v) is 11.8. The Bertz CT molecular complexity index is 625. The number of aryl methyl sites for hydroxylation is 1. The van der Waals surface area contributed by atoms with Gasteiger partial charge in [0.15, 0.2) is 0 Å². The Balaban J connectivity index is 2.27. The Labute approximate surface area is 120 Å². The molecule has 1 heterocycles. The van der Waals surface area contributed by atoms with Crippen molar-refractivity contribution in [3.05, 3.63) is 40.0 Å². The largest absolute Gasteiger partial charge is 0.479 e. The molecule has 1 aromatic carbocycles. The van der Waals surface area contributed by atoms with E-state index in [0.29, 0.717) is 21.3 Å². The average molecular weight is 300 g/mol. The fourth-order valence-corrected chi connectivity index (χ4v) is 1.89. The van der Waals surface area contributed by atoms with Gasteiger partial charge in [0.05, 0.1) is 17.8 Å². The molecule has 0 saturated heterocycles. The summed E-state index contributed by atoms with van der Waals surface area (Å²) in [5.41, 5.74) is 0.756.